The molecule has 0 fully saturated rings. The molecule has 0 saturated carbocycles. The minimum atomic E-state index is -0.201. The van der Waals surface area contributed by atoms with Gasteiger partial charge in [-0.15, -0.1) is 0 Å². The van der Waals surface area contributed by atoms with Gasteiger partial charge in [-0.05, 0) is 54.4 Å². The van der Waals surface area contributed by atoms with Crippen molar-refractivity contribution in [3.63, 3.8) is 0 Å². The van der Waals surface area contributed by atoms with Crippen LogP contribution < -0.4 is 5.32 Å². The van der Waals surface area contributed by atoms with Gasteiger partial charge >= 0.3 is 0 Å². The van der Waals surface area contributed by atoms with Gasteiger partial charge in [-0.3, -0.25) is 0 Å². The number of rotatable bonds is 6. The summed E-state index contributed by atoms with van der Waals surface area (Å²) >= 11 is 3.27. The fraction of sp³-hybridized carbons (Fsp3) is 0.636. The van der Waals surface area contributed by atoms with E-state index in [2.05, 4.69) is 21.2 Å². The molecule has 1 heterocycles. The minimum Gasteiger partial charge on any atom is -0.453 e. The van der Waals surface area contributed by atoms with E-state index < -0.39 is 0 Å². The maximum Gasteiger partial charge on any atom is 0.169 e. The highest BCUT2D eigenvalue weighted by atomic mass is 79.9. The normalized spacial score (nSPS) is 15.2. The van der Waals surface area contributed by atoms with Gasteiger partial charge in [0, 0.05) is 0 Å². The first-order valence-corrected chi connectivity index (χ1v) is 6.09. The van der Waals surface area contributed by atoms with Gasteiger partial charge in [-0.1, -0.05) is 6.92 Å². The minimum absolute atomic E-state index is 0.181. The predicted octanol–water partition coefficient (Wildman–Crippen LogP) is 2.85. The first-order valence-electron chi connectivity index (χ1n) is 5.30. The van der Waals surface area contributed by atoms with Crippen LogP contribution in [0.5, 0.6) is 0 Å². The molecule has 0 spiro atoms. The maximum atomic E-state index is 9.37. The molecule has 0 amide bonds. The Balaban J connectivity index is 2.27. The molecule has 86 valence electrons. The molecule has 0 aliphatic heterocycles. The van der Waals surface area contributed by atoms with E-state index in [-0.39, 0.29) is 12.1 Å². The van der Waals surface area contributed by atoms with E-state index in [1.54, 1.807) is 0 Å². The summed E-state index contributed by atoms with van der Waals surface area (Å²) in [6, 6.07) is 4.01. The van der Waals surface area contributed by atoms with Crippen molar-refractivity contribution < 1.29 is 9.52 Å². The lowest BCUT2D eigenvalue weighted by Gasteiger charge is -2.13. The Hall–Kier alpha value is -0.320. The van der Waals surface area contributed by atoms with E-state index in [1.807, 2.05) is 26.0 Å². The van der Waals surface area contributed by atoms with Gasteiger partial charge in [-0.25, -0.2) is 0 Å². The highest BCUT2D eigenvalue weighted by Gasteiger charge is 2.09. The molecule has 0 aliphatic carbocycles. The molecule has 0 saturated heterocycles. The van der Waals surface area contributed by atoms with Crippen molar-refractivity contribution >= 4 is 15.9 Å². The smallest absolute Gasteiger partial charge is 0.169 e. The van der Waals surface area contributed by atoms with Crippen LogP contribution >= 0.6 is 15.9 Å². The van der Waals surface area contributed by atoms with Crippen molar-refractivity contribution in [2.75, 3.05) is 6.54 Å². The molecule has 1 aromatic heterocycles. The number of nitrogens with one attached hydrogen (secondary N) is 1. The van der Waals surface area contributed by atoms with Gasteiger partial charge in [0.2, 0.25) is 0 Å². The Morgan fingerprint density at radius 1 is 1.53 bits per heavy atom. The van der Waals surface area contributed by atoms with E-state index in [0.29, 0.717) is 0 Å². The first-order chi connectivity index (χ1) is 7.13. The maximum absolute atomic E-state index is 9.37. The zero-order valence-corrected chi connectivity index (χ0v) is 10.8. The van der Waals surface area contributed by atoms with Crippen LogP contribution in [-0.2, 0) is 0 Å². The largest absolute Gasteiger partial charge is 0.453 e. The van der Waals surface area contributed by atoms with Crippen molar-refractivity contribution in [1.82, 2.24) is 5.32 Å². The third kappa shape index (κ3) is 4.36. The van der Waals surface area contributed by atoms with Crippen molar-refractivity contribution in [1.29, 1.82) is 0 Å². The van der Waals surface area contributed by atoms with Crippen molar-refractivity contribution in [2.24, 2.45) is 0 Å². The summed E-state index contributed by atoms with van der Waals surface area (Å²) in [6.45, 7) is 4.83. The molecule has 4 heteroatoms. The van der Waals surface area contributed by atoms with Crippen molar-refractivity contribution in [3.8, 4) is 0 Å². The van der Waals surface area contributed by atoms with E-state index >= 15 is 0 Å². The lowest BCUT2D eigenvalue weighted by molar-refractivity contribution is 0.158. The number of halogens is 1. The summed E-state index contributed by atoms with van der Waals surface area (Å²) < 4.78 is 6.17. The van der Waals surface area contributed by atoms with Crippen LogP contribution in [0.15, 0.2) is 21.2 Å². The van der Waals surface area contributed by atoms with Crippen LogP contribution in [0.1, 0.15) is 38.5 Å². The summed E-state index contributed by atoms with van der Waals surface area (Å²) in [5, 5.41) is 12.7. The topological polar surface area (TPSA) is 45.4 Å². The summed E-state index contributed by atoms with van der Waals surface area (Å²) in [4.78, 5) is 0. The average molecular weight is 276 g/mol. The number of furan rings is 1. The summed E-state index contributed by atoms with van der Waals surface area (Å²) in [6.07, 6.45) is 1.39. The second-order valence-corrected chi connectivity index (χ2v) is 4.45. The third-order valence-electron chi connectivity index (χ3n) is 2.42. The van der Waals surface area contributed by atoms with E-state index in [1.165, 1.54) is 0 Å². The molecule has 1 rings (SSSR count). The monoisotopic (exact) mass is 275 g/mol. The molecule has 0 aromatic carbocycles. The van der Waals surface area contributed by atoms with Crippen LogP contribution in [0.3, 0.4) is 0 Å². The van der Waals surface area contributed by atoms with Gasteiger partial charge in [0.1, 0.15) is 5.76 Å². The summed E-state index contributed by atoms with van der Waals surface area (Å²) in [7, 11) is 0. The Kier molecular flexibility index (Phi) is 5.36. The van der Waals surface area contributed by atoms with Gasteiger partial charge in [0.15, 0.2) is 4.67 Å². The predicted molar refractivity (Wildman–Crippen MR) is 63.7 cm³/mol. The number of aliphatic hydroxyl groups excluding tert-OH is 1. The van der Waals surface area contributed by atoms with E-state index in [9.17, 15) is 5.11 Å². The van der Waals surface area contributed by atoms with Crippen LogP contribution in [0.25, 0.3) is 0 Å². The molecule has 15 heavy (non-hydrogen) atoms. The molecule has 0 radical (unpaired) electrons. The Bertz CT molecular complexity index is 288. The number of hydrogen-bond donors (Lipinski definition) is 2. The summed E-state index contributed by atoms with van der Waals surface area (Å²) in [5.41, 5.74) is 0. The second kappa shape index (κ2) is 6.30. The van der Waals surface area contributed by atoms with Gasteiger partial charge in [-0.2, -0.15) is 0 Å². The number of hydrogen-bond acceptors (Lipinski definition) is 3. The highest BCUT2D eigenvalue weighted by molar-refractivity contribution is 9.10. The number of aliphatic hydroxyl groups is 1. The van der Waals surface area contributed by atoms with Gasteiger partial charge in [0.05, 0.1) is 12.1 Å². The standard InChI is InChI=1S/C11H18BrNO2/c1-3-9(14)6-7-13-8(2)10-4-5-11(12)15-10/h4-5,8-9,13-14H,3,6-7H2,1-2H3. The van der Waals surface area contributed by atoms with Crippen LogP contribution in [0.4, 0.5) is 0 Å². The SMILES string of the molecule is CCC(O)CCNC(C)c1ccc(Br)o1. The quantitative estimate of drug-likeness (QED) is 0.839. The molecule has 2 atom stereocenters. The zero-order valence-electron chi connectivity index (χ0n) is 9.16. The van der Waals surface area contributed by atoms with E-state index in [4.69, 9.17) is 4.42 Å². The average Bonchev–Trinajstić information content (AvgIpc) is 2.64. The zero-order chi connectivity index (χ0) is 11.3. The molecule has 0 bridgehead atoms. The second-order valence-electron chi connectivity index (χ2n) is 3.67. The molecule has 0 aliphatic rings. The lowest BCUT2D eigenvalue weighted by atomic mass is 10.2. The van der Waals surface area contributed by atoms with Gasteiger partial charge < -0.3 is 14.8 Å². The summed E-state index contributed by atoms with van der Waals surface area (Å²) in [5.74, 6) is 0.910. The Morgan fingerprint density at radius 3 is 2.80 bits per heavy atom. The molecular formula is C11H18BrNO2. The van der Waals surface area contributed by atoms with Crippen LogP contribution in [-0.4, -0.2) is 17.8 Å². The molecule has 2 N–H and O–H groups in total. The third-order valence-corrected chi connectivity index (χ3v) is 2.85. The highest BCUT2D eigenvalue weighted by Crippen LogP contribution is 2.19. The van der Waals surface area contributed by atoms with Crippen molar-refractivity contribution in [2.45, 2.75) is 38.8 Å². The lowest BCUT2D eigenvalue weighted by Crippen LogP contribution is -2.23. The molecular weight excluding hydrogens is 258 g/mol. The van der Waals surface area contributed by atoms with Crippen LogP contribution in [0, 0.1) is 0 Å². The Labute approximate surface area is 99.0 Å². The first kappa shape index (κ1) is 12.7. The van der Waals surface area contributed by atoms with E-state index in [0.717, 1.165) is 29.8 Å². The fourth-order valence-corrected chi connectivity index (χ4v) is 1.65. The fourth-order valence-electron chi connectivity index (χ4n) is 1.33. The molecule has 2 unspecified atom stereocenters. The van der Waals surface area contributed by atoms with Crippen molar-refractivity contribution in [3.05, 3.63) is 22.6 Å². The Morgan fingerprint density at radius 2 is 2.27 bits per heavy atom. The molecule has 1 aromatic rings. The van der Waals surface area contributed by atoms with Gasteiger partial charge in [0.25, 0.3) is 0 Å². The molecule has 3 nitrogen and oxygen atoms in total. The van der Waals surface area contributed by atoms with Crippen LogP contribution in [0.2, 0.25) is 0 Å².